The van der Waals surface area contributed by atoms with Crippen molar-refractivity contribution < 1.29 is 19.7 Å². The SMILES string of the molecule is CCOC(=O)CCCC(O)C#CC=CC=CC(O)CC1CC1. The van der Waals surface area contributed by atoms with Crippen LogP contribution in [0.15, 0.2) is 24.3 Å². The Hall–Kier alpha value is -1.57. The molecule has 2 atom stereocenters. The summed E-state index contributed by atoms with van der Waals surface area (Å²) in [6, 6.07) is 0. The maximum absolute atomic E-state index is 11.1. The van der Waals surface area contributed by atoms with E-state index in [1.807, 2.05) is 0 Å². The molecule has 0 aliphatic heterocycles. The summed E-state index contributed by atoms with van der Waals surface area (Å²) in [5.74, 6) is 5.90. The molecule has 0 amide bonds. The minimum atomic E-state index is -0.733. The molecule has 0 aromatic carbocycles. The molecule has 2 unspecified atom stereocenters. The Balaban J connectivity index is 2.11. The van der Waals surface area contributed by atoms with Crippen LogP contribution in [-0.2, 0) is 9.53 Å². The van der Waals surface area contributed by atoms with Crippen molar-refractivity contribution in [2.45, 2.75) is 57.7 Å². The van der Waals surface area contributed by atoms with Gasteiger partial charge in [0.25, 0.3) is 0 Å². The van der Waals surface area contributed by atoms with Gasteiger partial charge in [-0.1, -0.05) is 42.9 Å². The molecule has 1 saturated carbocycles. The molecule has 4 nitrogen and oxygen atoms in total. The Labute approximate surface area is 132 Å². The fourth-order valence-corrected chi connectivity index (χ4v) is 1.96. The van der Waals surface area contributed by atoms with Crippen LogP contribution < -0.4 is 0 Å². The molecular formula is C18H26O4. The first kappa shape index (κ1) is 18.5. The standard InChI is InChI=1S/C18H26O4/c1-2-22-18(21)11-7-10-16(19)8-5-3-4-6-9-17(20)14-15-12-13-15/h3-4,6,9,15-17,19-20H,2,7,10-14H2,1H3. The first-order valence-electron chi connectivity index (χ1n) is 7.98. The lowest BCUT2D eigenvalue weighted by atomic mass is 10.1. The van der Waals surface area contributed by atoms with E-state index in [1.54, 1.807) is 31.2 Å². The zero-order valence-corrected chi connectivity index (χ0v) is 13.2. The lowest BCUT2D eigenvalue weighted by molar-refractivity contribution is -0.143. The van der Waals surface area contributed by atoms with Crippen molar-refractivity contribution in [3.05, 3.63) is 24.3 Å². The van der Waals surface area contributed by atoms with Crippen LogP contribution in [0.4, 0.5) is 0 Å². The number of rotatable bonds is 9. The second kappa shape index (κ2) is 11.1. The molecule has 1 rings (SSSR count). The molecule has 0 aromatic rings. The summed E-state index contributed by atoms with van der Waals surface area (Å²) in [6.45, 7) is 2.15. The van der Waals surface area contributed by atoms with Gasteiger partial charge in [0.05, 0.1) is 12.7 Å². The summed E-state index contributed by atoms with van der Waals surface area (Å²) < 4.78 is 4.80. The monoisotopic (exact) mass is 306 g/mol. The van der Waals surface area contributed by atoms with Crippen LogP contribution in [0.1, 0.15) is 45.4 Å². The quantitative estimate of drug-likeness (QED) is 0.390. The van der Waals surface area contributed by atoms with Gasteiger partial charge >= 0.3 is 5.97 Å². The maximum atomic E-state index is 11.1. The summed E-state index contributed by atoms with van der Waals surface area (Å²) in [5, 5.41) is 19.3. The molecule has 0 heterocycles. The average molecular weight is 306 g/mol. The highest BCUT2D eigenvalue weighted by molar-refractivity contribution is 5.69. The van der Waals surface area contributed by atoms with Crippen molar-refractivity contribution in [3.8, 4) is 11.8 Å². The van der Waals surface area contributed by atoms with Crippen LogP contribution in [0, 0.1) is 17.8 Å². The molecule has 122 valence electrons. The number of carbonyl (C=O) groups excluding carboxylic acids is 1. The molecule has 0 bridgehead atoms. The zero-order chi connectivity index (χ0) is 16.2. The Morgan fingerprint density at radius 1 is 1.36 bits per heavy atom. The smallest absolute Gasteiger partial charge is 0.305 e. The topological polar surface area (TPSA) is 66.8 Å². The van der Waals surface area contributed by atoms with E-state index in [4.69, 9.17) is 4.74 Å². The van der Waals surface area contributed by atoms with Crippen LogP contribution in [-0.4, -0.2) is 35.0 Å². The van der Waals surface area contributed by atoms with E-state index in [-0.39, 0.29) is 12.1 Å². The fourth-order valence-electron chi connectivity index (χ4n) is 1.96. The fraction of sp³-hybridized carbons (Fsp3) is 0.611. The number of aliphatic hydroxyl groups excluding tert-OH is 2. The third-order valence-corrected chi connectivity index (χ3v) is 3.31. The van der Waals surface area contributed by atoms with Gasteiger partial charge in [0, 0.05) is 6.42 Å². The van der Waals surface area contributed by atoms with Crippen molar-refractivity contribution in [2.75, 3.05) is 6.61 Å². The van der Waals surface area contributed by atoms with Crippen molar-refractivity contribution in [1.29, 1.82) is 0 Å². The highest BCUT2D eigenvalue weighted by atomic mass is 16.5. The first-order chi connectivity index (χ1) is 10.6. The highest BCUT2D eigenvalue weighted by Gasteiger charge is 2.23. The number of hydrogen-bond donors (Lipinski definition) is 2. The van der Waals surface area contributed by atoms with Crippen molar-refractivity contribution in [3.63, 3.8) is 0 Å². The van der Waals surface area contributed by atoms with Gasteiger partial charge in [0.1, 0.15) is 6.10 Å². The number of allylic oxidation sites excluding steroid dienone is 3. The van der Waals surface area contributed by atoms with E-state index >= 15 is 0 Å². The van der Waals surface area contributed by atoms with Crippen LogP contribution >= 0.6 is 0 Å². The number of ether oxygens (including phenoxy) is 1. The number of hydrogen-bond acceptors (Lipinski definition) is 4. The van der Waals surface area contributed by atoms with Crippen LogP contribution in [0.5, 0.6) is 0 Å². The summed E-state index contributed by atoms with van der Waals surface area (Å²) in [7, 11) is 0. The van der Waals surface area contributed by atoms with Crippen molar-refractivity contribution >= 4 is 5.97 Å². The van der Waals surface area contributed by atoms with Gasteiger partial charge in [-0.05, 0) is 38.2 Å². The minimum Gasteiger partial charge on any atom is -0.466 e. The van der Waals surface area contributed by atoms with Gasteiger partial charge in [-0.2, -0.15) is 0 Å². The second-order valence-electron chi connectivity index (χ2n) is 5.49. The summed E-state index contributed by atoms with van der Waals surface area (Å²) in [6.07, 6.45) is 10.4. The molecular weight excluding hydrogens is 280 g/mol. The normalized spacial score (nSPS) is 17.2. The molecule has 4 heteroatoms. The Kier molecular flexibility index (Phi) is 9.29. The molecule has 0 radical (unpaired) electrons. The van der Waals surface area contributed by atoms with E-state index in [9.17, 15) is 15.0 Å². The molecule has 2 N–H and O–H groups in total. The number of carbonyl (C=O) groups is 1. The largest absolute Gasteiger partial charge is 0.466 e. The van der Waals surface area contributed by atoms with E-state index in [1.165, 1.54) is 12.8 Å². The predicted octanol–water partition coefficient (Wildman–Crippen LogP) is 2.36. The lowest BCUT2D eigenvalue weighted by Gasteiger charge is -2.03. The molecule has 0 aromatic heterocycles. The van der Waals surface area contributed by atoms with Gasteiger partial charge in [-0.25, -0.2) is 0 Å². The maximum Gasteiger partial charge on any atom is 0.305 e. The molecule has 0 saturated heterocycles. The number of esters is 1. The average Bonchev–Trinajstić information content (AvgIpc) is 3.27. The van der Waals surface area contributed by atoms with E-state index in [0.717, 1.165) is 6.42 Å². The Morgan fingerprint density at radius 3 is 2.82 bits per heavy atom. The molecule has 0 spiro atoms. The van der Waals surface area contributed by atoms with Crippen LogP contribution in [0.25, 0.3) is 0 Å². The Morgan fingerprint density at radius 2 is 2.14 bits per heavy atom. The molecule has 1 aliphatic rings. The zero-order valence-electron chi connectivity index (χ0n) is 13.2. The van der Waals surface area contributed by atoms with Gasteiger partial charge in [-0.3, -0.25) is 4.79 Å². The number of aliphatic hydroxyl groups is 2. The minimum absolute atomic E-state index is 0.238. The second-order valence-corrected chi connectivity index (χ2v) is 5.49. The van der Waals surface area contributed by atoms with Gasteiger partial charge in [0.2, 0.25) is 0 Å². The third kappa shape index (κ3) is 10.2. The van der Waals surface area contributed by atoms with E-state index in [0.29, 0.717) is 31.8 Å². The van der Waals surface area contributed by atoms with Crippen LogP contribution in [0.2, 0.25) is 0 Å². The van der Waals surface area contributed by atoms with Crippen molar-refractivity contribution in [1.82, 2.24) is 0 Å². The van der Waals surface area contributed by atoms with Crippen LogP contribution in [0.3, 0.4) is 0 Å². The summed E-state index contributed by atoms with van der Waals surface area (Å²) in [4.78, 5) is 11.1. The van der Waals surface area contributed by atoms with Gasteiger partial charge < -0.3 is 14.9 Å². The van der Waals surface area contributed by atoms with Crippen molar-refractivity contribution in [2.24, 2.45) is 5.92 Å². The Bertz CT molecular complexity index is 438. The van der Waals surface area contributed by atoms with Gasteiger partial charge in [-0.15, -0.1) is 0 Å². The molecule has 1 aliphatic carbocycles. The highest BCUT2D eigenvalue weighted by Crippen LogP contribution is 2.33. The molecule has 1 fully saturated rings. The summed E-state index contributed by atoms with van der Waals surface area (Å²) >= 11 is 0. The predicted molar refractivity (Wildman–Crippen MR) is 85.9 cm³/mol. The molecule has 22 heavy (non-hydrogen) atoms. The van der Waals surface area contributed by atoms with Gasteiger partial charge in [0.15, 0.2) is 0 Å². The van der Waals surface area contributed by atoms with E-state index in [2.05, 4.69) is 11.8 Å². The van der Waals surface area contributed by atoms with E-state index < -0.39 is 6.10 Å². The first-order valence-corrected chi connectivity index (χ1v) is 7.98. The lowest BCUT2D eigenvalue weighted by Crippen LogP contribution is -2.07. The third-order valence-electron chi connectivity index (χ3n) is 3.31. The summed E-state index contributed by atoms with van der Waals surface area (Å²) in [5.41, 5.74) is 0.